The van der Waals surface area contributed by atoms with Gasteiger partial charge in [-0.05, 0) is 43.4 Å². The summed E-state index contributed by atoms with van der Waals surface area (Å²) in [4.78, 5) is 12.0. The molecule has 0 saturated heterocycles. The van der Waals surface area contributed by atoms with Crippen molar-refractivity contribution in [3.05, 3.63) is 34.6 Å². The van der Waals surface area contributed by atoms with Crippen LogP contribution in [0.2, 0.25) is 5.02 Å². The van der Waals surface area contributed by atoms with E-state index in [1.165, 1.54) is 12.1 Å². The molecule has 1 aromatic carbocycles. The number of ketones is 1. The number of hydrogen-bond acceptors (Lipinski definition) is 2. The van der Waals surface area contributed by atoms with Crippen molar-refractivity contribution in [1.29, 1.82) is 0 Å². The lowest BCUT2D eigenvalue weighted by Crippen LogP contribution is -2.47. The Morgan fingerprint density at radius 1 is 1.59 bits per heavy atom. The van der Waals surface area contributed by atoms with Crippen LogP contribution in [0.4, 0.5) is 4.39 Å². The molecule has 1 fully saturated rings. The number of Topliss-reactive ketones (excluding diaryl/α,β-unsaturated/α-hetero) is 1. The Morgan fingerprint density at radius 2 is 2.24 bits per heavy atom. The molecule has 92 valence electrons. The summed E-state index contributed by atoms with van der Waals surface area (Å²) in [5.74, 6) is -0.254. The molecule has 1 unspecified atom stereocenters. The lowest BCUT2D eigenvalue weighted by atomic mass is 9.88. The number of carbonyl (C=O) groups is 1. The van der Waals surface area contributed by atoms with Crippen molar-refractivity contribution in [2.24, 2.45) is 11.7 Å². The van der Waals surface area contributed by atoms with E-state index in [1.807, 2.05) is 0 Å². The first-order chi connectivity index (χ1) is 7.91. The fraction of sp³-hybridized carbons (Fsp3) is 0.462. The molecular weight excluding hydrogens is 241 g/mol. The highest BCUT2D eigenvalue weighted by Crippen LogP contribution is 2.39. The summed E-state index contributed by atoms with van der Waals surface area (Å²) < 4.78 is 13.2. The second-order valence-corrected chi connectivity index (χ2v) is 5.31. The van der Waals surface area contributed by atoms with E-state index in [-0.39, 0.29) is 23.1 Å². The largest absolute Gasteiger partial charge is 0.319 e. The first-order valence-electron chi connectivity index (χ1n) is 5.67. The summed E-state index contributed by atoms with van der Waals surface area (Å²) in [7, 11) is 0. The molecule has 2 nitrogen and oxygen atoms in total. The Kier molecular flexibility index (Phi) is 3.23. The molecule has 2 N–H and O–H groups in total. The summed E-state index contributed by atoms with van der Waals surface area (Å²) in [6.07, 6.45) is 2.18. The molecular formula is C13H15ClFNO. The Labute approximate surface area is 105 Å². The van der Waals surface area contributed by atoms with Crippen LogP contribution < -0.4 is 5.73 Å². The second-order valence-electron chi connectivity index (χ2n) is 4.91. The minimum Gasteiger partial charge on any atom is -0.319 e. The number of carbonyl (C=O) groups excluding carboxylic acids is 1. The van der Waals surface area contributed by atoms with E-state index in [4.69, 9.17) is 17.3 Å². The average Bonchev–Trinajstić information content (AvgIpc) is 3.07. The predicted molar refractivity (Wildman–Crippen MR) is 65.4 cm³/mol. The van der Waals surface area contributed by atoms with Gasteiger partial charge in [0.2, 0.25) is 0 Å². The zero-order valence-electron chi connectivity index (χ0n) is 9.67. The highest BCUT2D eigenvalue weighted by Gasteiger charge is 2.43. The maximum absolute atomic E-state index is 13.2. The number of nitrogens with two attached hydrogens (primary N) is 1. The standard InChI is InChI=1S/C13H15ClFNO/c1-13(16,9-3-4-9)12(17)7-8-2-5-10(14)11(15)6-8/h2,5-6,9H,3-4,7,16H2,1H3. The van der Waals surface area contributed by atoms with E-state index in [9.17, 15) is 9.18 Å². The molecule has 1 atom stereocenters. The minimum atomic E-state index is -0.782. The van der Waals surface area contributed by atoms with Crippen LogP contribution in [0.25, 0.3) is 0 Å². The summed E-state index contributed by atoms with van der Waals surface area (Å²) in [6.45, 7) is 1.76. The van der Waals surface area contributed by atoms with Crippen LogP contribution in [0.3, 0.4) is 0 Å². The van der Waals surface area contributed by atoms with E-state index in [1.54, 1.807) is 13.0 Å². The molecule has 1 aliphatic rings. The smallest absolute Gasteiger partial charge is 0.156 e. The Hall–Kier alpha value is -0.930. The number of hydrogen-bond donors (Lipinski definition) is 1. The highest BCUT2D eigenvalue weighted by atomic mass is 35.5. The van der Waals surface area contributed by atoms with Gasteiger partial charge in [0.25, 0.3) is 0 Å². The second kappa shape index (κ2) is 4.39. The molecule has 2 rings (SSSR count). The van der Waals surface area contributed by atoms with Gasteiger partial charge >= 0.3 is 0 Å². The lowest BCUT2D eigenvalue weighted by Gasteiger charge is -2.22. The van der Waals surface area contributed by atoms with Crippen molar-refractivity contribution in [1.82, 2.24) is 0 Å². The van der Waals surface area contributed by atoms with Crippen molar-refractivity contribution in [2.45, 2.75) is 31.7 Å². The first kappa shape index (κ1) is 12.5. The van der Waals surface area contributed by atoms with Crippen LogP contribution in [-0.2, 0) is 11.2 Å². The number of halogens is 2. The van der Waals surface area contributed by atoms with Gasteiger partial charge in [-0.1, -0.05) is 17.7 Å². The lowest BCUT2D eigenvalue weighted by molar-refractivity contribution is -0.123. The van der Waals surface area contributed by atoms with Gasteiger partial charge in [-0.2, -0.15) is 0 Å². The Morgan fingerprint density at radius 3 is 2.76 bits per heavy atom. The van der Waals surface area contributed by atoms with Gasteiger partial charge in [-0.3, -0.25) is 4.79 Å². The van der Waals surface area contributed by atoms with Gasteiger partial charge in [0.15, 0.2) is 5.78 Å². The van der Waals surface area contributed by atoms with E-state index in [0.717, 1.165) is 12.8 Å². The SMILES string of the molecule is CC(N)(C(=O)Cc1ccc(Cl)c(F)c1)C1CC1. The number of rotatable bonds is 4. The van der Waals surface area contributed by atoms with Crippen LogP contribution >= 0.6 is 11.6 Å². The fourth-order valence-corrected chi connectivity index (χ4v) is 2.05. The van der Waals surface area contributed by atoms with Gasteiger partial charge in [-0.25, -0.2) is 4.39 Å². The molecule has 0 aliphatic heterocycles. The summed E-state index contributed by atoms with van der Waals surface area (Å²) in [5.41, 5.74) is 5.85. The van der Waals surface area contributed by atoms with Crippen LogP contribution in [-0.4, -0.2) is 11.3 Å². The highest BCUT2D eigenvalue weighted by molar-refractivity contribution is 6.30. The summed E-state index contributed by atoms with van der Waals surface area (Å²) in [6, 6.07) is 4.42. The van der Waals surface area contributed by atoms with Crippen LogP contribution in [0.5, 0.6) is 0 Å². The predicted octanol–water partition coefficient (Wildman–Crippen LogP) is 2.72. The topological polar surface area (TPSA) is 43.1 Å². The van der Waals surface area contributed by atoms with E-state index in [2.05, 4.69) is 0 Å². The molecule has 4 heteroatoms. The van der Waals surface area contributed by atoms with E-state index < -0.39 is 11.4 Å². The maximum atomic E-state index is 13.2. The van der Waals surface area contributed by atoms with E-state index >= 15 is 0 Å². The normalized spacial score (nSPS) is 18.8. The van der Waals surface area contributed by atoms with Gasteiger partial charge in [0.05, 0.1) is 10.6 Å². The maximum Gasteiger partial charge on any atom is 0.156 e. The Bertz CT molecular complexity index is 455. The fourth-order valence-electron chi connectivity index (χ4n) is 1.94. The summed E-state index contributed by atoms with van der Waals surface area (Å²) >= 11 is 5.58. The summed E-state index contributed by atoms with van der Waals surface area (Å²) in [5, 5.41) is 0.0684. The van der Waals surface area contributed by atoms with Crippen molar-refractivity contribution in [2.75, 3.05) is 0 Å². The molecule has 1 aromatic rings. The molecule has 17 heavy (non-hydrogen) atoms. The molecule has 0 spiro atoms. The average molecular weight is 256 g/mol. The van der Waals surface area contributed by atoms with Crippen molar-refractivity contribution in [3.8, 4) is 0 Å². The van der Waals surface area contributed by atoms with Crippen LogP contribution in [0.15, 0.2) is 18.2 Å². The minimum absolute atomic E-state index is 0.0401. The van der Waals surface area contributed by atoms with E-state index in [0.29, 0.717) is 5.56 Å². The van der Waals surface area contributed by atoms with Gasteiger partial charge in [-0.15, -0.1) is 0 Å². The molecule has 0 aromatic heterocycles. The first-order valence-corrected chi connectivity index (χ1v) is 6.05. The molecule has 1 aliphatic carbocycles. The zero-order chi connectivity index (χ0) is 12.6. The van der Waals surface area contributed by atoms with Gasteiger partial charge < -0.3 is 5.73 Å². The number of benzene rings is 1. The molecule has 0 bridgehead atoms. The Balaban J connectivity index is 2.10. The monoisotopic (exact) mass is 255 g/mol. The molecule has 0 heterocycles. The van der Waals surface area contributed by atoms with Gasteiger partial charge in [0, 0.05) is 6.42 Å². The molecule has 0 amide bonds. The van der Waals surface area contributed by atoms with Crippen molar-refractivity contribution < 1.29 is 9.18 Å². The zero-order valence-corrected chi connectivity index (χ0v) is 10.4. The molecule has 0 radical (unpaired) electrons. The van der Waals surface area contributed by atoms with Crippen LogP contribution in [0.1, 0.15) is 25.3 Å². The quantitative estimate of drug-likeness (QED) is 0.899. The van der Waals surface area contributed by atoms with Gasteiger partial charge in [0.1, 0.15) is 5.82 Å². The molecule has 1 saturated carbocycles. The van der Waals surface area contributed by atoms with Crippen molar-refractivity contribution in [3.63, 3.8) is 0 Å². The van der Waals surface area contributed by atoms with Crippen molar-refractivity contribution >= 4 is 17.4 Å². The van der Waals surface area contributed by atoms with Crippen LogP contribution in [0, 0.1) is 11.7 Å². The third-order valence-corrected chi connectivity index (χ3v) is 3.68. The third-order valence-electron chi connectivity index (χ3n) is 3.37. The third kappa shape index (κ3) is 2.67.